The molecular weight excluding hydrogens is 789 g/mol. The zero-order valence-electron chi connectivity index (χ0n) is 36.8. The van der Waals surface area contributed by atoms with E-state index in [-0.39, 0.29) is 19.4 Å². The highest BCUT2D eigenvalue weighted by Gasteiger charge is 2.46. The highest BCUT2D eigenvalue weighted by molar-refractivity contribution is 7.85. The van der Waals surface area contributed by atoms with E-state index < -0.39 is 71.2 Å². The van der Waals surface area contributed by atoms with Crippen molar-refractivity contribution in [3.05, 3.63) is 60.8 Å². The Bertz CT molecular complexity index is 1340. The fourth-order valence-electron chi connectivity index (χ4n) is 6.47. The average molecular weight is 869 g/mol. The van der Waals surface area contributed by atoms with Crippen molar-refractivity contribution in [1.29, 1.82) is 0 Å². The largest absolute Gasteiger partial charge is 0.462 e. The normalized spacial score (nSPS) is 20.7. The summed E-state index contributed by atoms with van der Waals surface area (Å²) >= 11 is 0. The van der Waals surface area contributed by atoms with Gasteiger partial charge in [-0.1, -0.05) is 145 Å². The monoisotopic (exact) mass is 869 g/mol. The van der Waals surface area contributed by atoms with Gasteiger partial charge in [0.25, 0.3) is 10.1 Å². The van der Waals surface area contributed by atoms with Crippen LogP contribution in [0.25, 0.3) is 0 Å². The molecule has 1 aliphatic rings. The molecule has 1 heterocycles. The third-order valence-corrected chi connectivity index (χ3v) is 10.8. The molecule has 0 bridgehead atoms. The number of aliphatic hydroxyl groups is 3. The van der Waals surface area contributed by atoms with Gasteiger partial charge in [-0.15, -0.1) is 0 Å². The number of carbonyl (C=O) groups excluding carboxylic acids is 2. The van der Waals surface area contributed by atoms with Crippen molar-refractivity contribution in [3.8, 4) is 0 Å². The summed E-state index contributed by atoms with van der Waals surface area (Å²) in [7, 11) is -4.61. The van der Waals surface area contributed by atoms with Crippen LogP contribution in [0.15, 0.2) is 60.8 Å². The number of unbranched alkanes of at least 4 members (excludes halogenated alkanes) is 15. The van der Waals surface area contributed by atoms with Crippen molar-refractivity contribution in [2.45, 2.75) is 205 Å². The smallest absolute Gasteiger partial charge is 0.306 e. The van der Waals surface area contributed by atoms with Gasteiger partial charge in [-0.05, 0) is 70.6 Å². The maximum absolute atomic E-state index is 12.8. The summed E-state index contributed by atoms with van der Waals surface area (Å²) in [6.45, 7) is 3.63. The molecule has 1 fully saturated rings. The molecule has 346 valence electrons. The Kier molecular flexibility index (Phi) is 34.1. The molecule has 0 aromatic carbocycles. The standard InChI is InChI=1S/C47H80O12S/c1-3-5-7-9-11-13-15-17-19-20-22-23-25-27-29-31-33-35-42(48)56-37-40(38-57-47-46(52)45(51)44(50)41(59-47)39-60(53,54)55)58-43(49)36-34-32-30-28-26-24-21-18-16-14-12-10-8-6-4-2/h7,9-10,12-13,15,19-20,23,25,40-41,44-47,50-52H,3-6,8,11,14,16-18,21-22,24,26-39H2,1-2H3,(H,53,54,55)/b9-7+,12-10+,15-13+,20-19+,25-23+/t40-,41-,44-,45?,46?,47+/m1/s1. The second kappa shape index (κ2) is 37.0. The average Bonchev–Trinajstić information content (AvgIpc) is 3.21. The molecule has 0 amide bonds. The van der Waals surface area contributed by atoms with E-state index >= 15 is 0 Å². The lowest BCUT2D eigenvalue weighted by Crippen LogP contribution is -2.60. The molecule has 0 radical (unpaired) electrons. The molecule has 2 unspecified atom stereocenters. The van der Waals surface area contributed by atoms with Crippen molar-refractivity contribution >= 4 is 22.1 Å². The first-order chi connectivity index (χ1) is 29.0. The number of rotatable bonds is 37. The van der Waals surface area contributed by atoms with E-state index in [1.807, 2.05) is 0 Å². The molecule has 6 atom stereocenters. The summed E-state index contributed by atoms with van der Waals surface area (Å²) in [5.74, 6) is -2.03. The lowest BCUT2D eigenvalue weighted by atomic mass is 10.00. The van der Waals surface area contributed by atoms with E-state index in [9.17, 15) is 37.9 Å². The molecule has 60 heavy (non-hydrogen) atoms. The van der Waals surface area contributed by atoms with Crippen LogP contribution in [-0.2, 0) is 38.7 Å². The Morgan fingerprint density at radius 1 is 0.567 bits per heavy atom. The van der Waals surface area contributed by atoms with Gasteiger partial charge in [0.05, 0.1) is 6.61 Å². The van der Waals surface area contributed by atoms with Crippen LogP contribution < -0.4 is 0 Å². The zero-order valence-corrected chi connectivity index (χ0v) is 37.6. The van der Waals surface area contributed by atoms with Gasteiger partial charge in [0.2, 0.25) is 0 Å². The van der Waals surface area contributed by atoms with Crippen molar-refractivity contribution in [3.63, 3.8) is 0 Å². The lowest BCUT2D eigenvalue weighted by Gasteiger charge is -2.40. The Morgan fingerprint density at radius 2 is 1.03 bits per heavy atom. The number of esters is 2. The number of hydrogen-bond acceptors (Lipinski definition) is 11. The second-order valence-electron chi connectivity index (χ2n) is 15.7. The molecule has 12 nitrogen and oxygen atoms in total. The van der Waals surface area contributed by atoms with Crippen molar-refractivity contribution < 1.29 is 56.8 Å². The molecule has 1 saturated heterocycles. The highest BCUT2D eigenvalue weighted by atomic mass is 32.2. The lowest BCUT2D eigenvalue weighted by molar-refractivity contribution is -0.297. The van der Waals surface area contributed by atoms with E-state index in [0.29, 0.717) is 12.8 Å². The summed E-state index contributed by atoms with van der Waals surface area (Å²) in [6, 6.07) is 0. The first kappa shape index (κ1) is 55.4. The molecule has 13 heteroatoms. The maximum Gasteiger partial charge on any atom is 0.306 e. The van der Waals surface area contributed by atoms with Gasteiger partial charge < -0.3 is 34.3 Å². The molecule has 0 spiro atoms. The van der Waals surface area contributed by atoms with Crippen LogP contribution in [0.3, 0.4) is 0 Å². The summed E-state index contributed by atoms with van der Waals surface area (Å²) in [5.41, 5.74) is 0. The van der Waals surface area contributed by atoms with E-state index in [0.717, 1.165) is 70.6 Å². The van der Waals surface area contributed by atoms with Crippen LogP contribution in [0.4, 0.5) is 0 Å². The number of allylic oxidation sites excluding steroid dienone is 10. The summed E-state index contributed by atoms with van der Waals surface area (Å²) < 4.78 is 54.0. The van der Waals surface area contributed by atoms with Crippen LogP contribution in [0, 0.1) is 0 Å². The summed E-state index contributed by atoms with van der Waals surface area (Å²) in [6.07, 6.45) is 35.4. The Labute approximate surface area is 362 Å². The third-order valence-electron chi connectivity index (χ3n) is 10.1. The third kappa shape index (κ3) is 31.2. The van der Waals surface area contributed by atoms with E-state index in [2.05, 4.69) is 74.6 Å². The van der Waals surface area contributed by atoms with Gasteiger partial charge in [0.15, 0.2) is 12.4 Å². The van der Waals surface area contributed by atoms with Gasteiger partial charge in [-0.3, -0.25) is 14.1 Å². The molecule has 0 aromatic rings. The minimum absolute atomic E-state index is 0.152. The number of carbonyl (C=O) groups is 2. The molecule has 4 N–H and O–H groups in total. The van der Waals surface area contributed by atoms with Crippen LogP contribution in [0.2, 0.25) is 0 Å². The van der Waals surface area contributed by atoms with Crippen molar-refractivity contribution in [1.82, 2.24) is 0 Å². The molecule has 0 aliphatic carbocycles. The SMILES string of the molecule is CCC/C=C/C/C=C/C/C=C/C/C=C/CCCCCC(=O)OC[C@H](CO[C@H]1O[C@H](CS(=O)(=O)O)[C@@H](O)C(O)C1O)OC(=O)CCCCCCCCCCC/C=C/CCCC. The molecular formula is C47H80O12S. The molecule has 1 rings (SSSR count). The minimum atomic E-state index is -4.61. The van der Waals surface area contributed by atoms with Crippen molar-refractivity contribution in [2.24, 2.45) is 0 Å². The number of aliphatic hydroxyl groups excluding tert-OH is 3. The zero-order chi connectivity index (χ0) is 44.1. The first-order valence-electron chi connectivity index (χ1n) is 22.8. The van der Waals surface area contributed by atoms with Gasteiger partial charge in [0.1, 0.15) is 36.8 Å². The maximum atomic E-state index is 12.8. The topological polar surface area (TPSA) is 186 Å². The van der Waals surface area contributed by atoms with Crippen LogP contribution in [-0.4, -0.2) is 96.0 Å². The quantitative estimate of drug-likeness (QED) is 0.0201. The summed E-state index contributed by atoms with van der Waals surface area (Å²) in [4.78, 5) is 25.4. The van der Waals surface area contributed by atoms with Crippen LogP contribution >= 0.6 is 0 Å². The summed E-state index contributed by atoms with van der Waals surface area (Å²) in [5, 5.41) is 30.9. The Hall–Kier alpha value is -2.65. The number of hydrogen-bond donors (Lipinski definition) is 4. The second-order valence-corrected chi connectivity index (χ2v) is 17.2. The first-order valence-corrected chi connectivity index (χ1v) is 24.5. The van der Waals surface area contributed by atoms with Crippen LogP contribution in [0.5, 0.6) is 0 Å². The van der Waals surface area contributed by atoms with E-state index in [1.165, 1.54) is 57.8 Å². The van der Waals surface area contributed by atoms with Gasteiger partial charge in [0, 0.05) is 12.8 Å². The fourth-order valence-corrected chi connectivity index (χ4v) is 7.16. The van der Waals surface area contributed by atoms with Crippen LogP contribution in [0.1, 0.15) is 168 Å². The molecule has 0 aromatic heterocycles. The van der Waals surface area contributed by atoms with Gasteiger partial charge >= 0.3 is 11.9 Å². The van der Waals surface area contributed by atoms with Crippen molar-refractivity contribution in [2.75, 3.05) is 19.0 Å². The number of ether oxygens (including phenoxy) is 4. The van der Waals surface area contributed by atoms with E-state index in [4.69, 9.17) is 18.9 Å². The minimum Gasteiger partial charge on any atom is -0.462 e. The Balaban J connectivity index is 2.47. The van der Waals surface area contributed by atoms with E-state index in [1.54, 1.807) is 0 Å². The van der Waals surface area contributed by atoms with Gasteiger partial charge in [-0.25, -0.2) is 0 Å². The molecule has 1 aliphatic heterocycles. The highest BCUT2D eigenvalue weighted by Crippen LogP contribution is 2.24. The molecule has 0 saturated carbocycles. The fraction of sp³-hybridized carbons (Fsp3) is 0.745. The predicted molar refractivity (Wildman–Crippen MR) is 238 cm³/mol. The van der Waals surface area contributed by atoms with Gasteiger partial charge in [-0.2, -0.15) is 8.42 Å². The predicted octanol–water partition coefficient (Wildman–Crippen LogP) is 9.34. The Morgan fingerprint density at radius 3 is 1.58 bits per heavy atom.